The van der Waals surface area contributed by atoms with Gasteiger partial charge < -0.3 is 14.2 Å². The molecule has 53 heavy (non-hydrogen) atoms. The maximum atomic E-state index is 12.7. The number of hydrogen-bond donors (Lipinski definition) is 0. The molecule has 0 rings (SSSR count). The van der Waals surface area contributed by atoms with Crippen molar-refractivity contribution in [3.8, 4) is 0 Å². The minimum Gasteiger partial charge on any atom is -0.462 e. The smallest absolute Gasteiger partial charge is 0.306 e. The van der Waals surface area contributed by atoms with Gasteiger partial charge in [-0.3, -0.25) is 14.4 Å². The fourth-order valence-electron chi connectivity index (χ4n) is 6.73. The van der Waals surface area contributed by atoms with Crippen LogP contribution in [0.2, 0.25) is 0 Å². The van der Waals surface area contributed by atoms with E-state index >= 15 is 0 Å². The highest BCUT2D eigenvalue weighted by Crippen LogP contribution is 2.15. The molecule has 0 spiro atoms. The second kappa shape index (κ2) is 42.9. The first-order chi connectivity index (χ1) is 26.0. The van der Waals surface area contributed by atoms with E-state index in [0.29, 0.717) is 19.3 Å². The number of esters is 3. The third-order valence-corrected chi connectivity index (χ3v) is 10.3. The van der Waals surface area contributed by atoms with Crippen LogP contribution in [0.3, 0.4) is 0 Å². The molecule has 0 amide bonds. The zero-order chi connectivity index (χ0) is 38.7. The van der Waals surface area contributed by atoms with Gasteiger partial charge in [-0.15, -0.1) is 0 Å². The molecule has 1 unspecified atom stereocenters. The molecule has 0 fully saturated rings. The van der Waals surface area contributed by atoms with E-state index in [4.69, 9.17) is 14.2 Å². The average molecular weight is 749 g/mol. The Bertz CT molecular complexity index is 824. The molecule has 312 valence electrons. The van der Waals surface area contributed by atoms with Crippen molar-refractivity contribution in [3.05, 3.63) is 12.2 Å². The second-order valence-corrected chi connectivity index (χ2v) is 15.7. The molecule has 0 aliphatic rings. The van der Waals surface area contributed by atoms with Gasteiger partial charge in [-0.1, -0.05) is 200 Å². The van der Waals surface area contributed by atoms with Crippen molar-refractivity contribution in [1.29, 1.82) is 0 Å². The van der Waals surface area contributed by atoms with Gasteiger partial charge in [0.25, 0.3) is 0 Å². The van der Waals surface area contributed by atoms with Crippen molar-refractivity contribution < 1.29 is 28.6 Å². The Morgan fingerprint density at radius 1 is 0.358 bits per heavy atom. The Balaban J connectivity index is 4.33. The van der Waals surface area contributed by atoms with Crippen LogP contribution in [0.4, 0.5) is 0 Å². The second-order valence-electron chi connectivity index (χ2n) is 15.7. The van der Waals surface area contributed by atoms with Gasteiger partial charge in [0.05, 0.1) is 0 Å². The number of hydrogen-bond acceptors (Lipinski definition) is 6. The zero-order valence-corrected chi connectivity index (χ0v) is 35.6. The molecule has 0 aliphatic carbocycles. The summed E-state index contributed by atoms with van der Waals surface area (Å²) < 4.78 is 16.7. The number of ether oxygens (including phenoxy) is 3. The molecule has 1 atom stereocenters. The summed E-state index contributed by atoms with van der Waals surface area (Å²) in [6.45, 7) is 6.61. The summed E-state index contributed by atoms with van der Waals surface area (Å²) in [7, 11) is 0. The van der Waals surface area contributed by atoms with Crippen LogP contribution in [0, 0.1) is 0 Å². The average Bonchev–Trinajstić information content (AvgIpc) is 3.15. The quantitative estimate of drug-likeness (QED) is 0.0268. The van der Waals surface area contributed by atoms with E-state index in [2.05, 4.69) is 32.9 Å². The molecule has 0 N–H and O–H groups in total. The van der Waals surface area contributed by atoms with Crippen molar-refractivity contribution in [1.82, 2.24) is 0 Å². The van der Waals surface area contributed by atoms with Gasteiger partial charge in [0.1, 0.15) is 13.2 Å². The number of rotatable bonds is 42. The molecule has 0 heterocycles. The largest absolute Gasteiger partial charge is 0.462 e. The molecule has 0 saturated heterocycles. The highest BCUT2D eigenvalue weighted by Gasteiger charge is 2.19. The summed E-state index contributed by atoms with van der Waals surface area (Å²) >= 11 is 0. The predicted molar refractivity (Wildman–Crippen MR) is 224 cm³/mol. The van der Waals surface area contributed by atoms with Gasteiger partial charge in [-0.25, -0.2) is 0 Å². The van der Waals surface area contributed by atoms with E-state index in [0.717, 1.165) is 64.2 Å². The molecular weight excluding hydrogens is 661 g/mol. The van der Waals surface area contributed by atoms with E-state index in [9.17, 15) is 14.4 Å². The summed E-state index contributed by atoms with van der Waals surface area (Å²) in [5, 5.41) is 0. The van der Waals surface area contributed by atoms with Crippen molar-refractivity contribution in [2.24, 2.45) is 0 Å². The Hall–Kier alpha value is -1.85. The predicted octanol–water partition coefficient (Wildman–Crippen LogP) is 14.6. The van der Waals surface area contributed by atoms with Crippen LogP contribution in [0.15, 0.2) is 12.2 Å². The summed E-state index contributed by atoms with van der Waals surface area (Å²) in [5.41, 5.74) is 0. The summed E-state index contributed by atoms with van der Waals surface area (Å²) in [5.74, 6) is -0.871. The highest BCUT2D eigenvalue weighted by atomic mass is 16.6. The molecule has 0 saturated carbocycles. The van der Waals surface area contributed by atoms with Crippen LogP contribution in [0.25, 0.3) is 0 Å². The monoisotopic (exact) mass is 749 g/mol. The SMILES string of the molecule is CCCCCC/C=C/CCCCCCCC(=O)OCC(COC(=O)CCCCCCCCCCC)OC(=O)CCCCCCCCCCCCCCC. The van der Waals surface area contributed by atoms with E-state index in [1.807, 2.05) is 0 Å². The number of unbranched alkanes of at least 4 members (excludes halogenated alkanes) is 29. The van der Waals surface area contributed by atoms with Gasteiger partial charge in [0.2, 0.25) is 0 Å². The topological polar surface area (TPSA) is 78.9 Å². The highest BCUT2D eigenvalue weighted by molar-refractivity contribution is 5.71. The van der Waals surface area contributed by atoms with Crippen LogP contribution >= 0.6 is 0 Å². The zero-order valence-electron chi connectivity index (χ0n) is 35.6. The van der Waals surface area contributed by atoms with E-state index in [-0.39, 0.29) is 31.1 Å². The first-order valence-electron chi connectivity index (χ1n) is 23.2. The summed E-state index contributed by atoms with van der Waals surface area (Å²) in [6, 6.07) is 0. The van der Waals surface area contributed by atoms with Gasteiger partial charge in [-0.05, 0) is 44.9 Å². The van der Waals surface area contributed by atoms with Gasteiger partial charge in [-0.2, -0.15) is 0 Å². The van der Waals surface area contributed by atoms with Crippen LogP contribution in [0.5, 0.6) is 0 Å². The third kappa shape index (κ3) is 41.2. The lowest BCUT2D eigenvalue weighted by molar-refractivity contribution is -0.167. The molecule has 0 aromatic rings. The van der Waals surface area contributed by atoms with Crippen molar-refractivity contribution >= 4 is 17.9 Å². The van der Waals surface area contributed by atoms with E-state index < -0.39 is 6.10 Å². The Morgan fingerprint density at radius 2 is 0.623 bits per heavy atom. The lowest BCUT2D eigenvalue weighted by Gasteiger charge is -2.18. The normalized spacial score (nSPS) is 12.0. The number of carbonyl (C=O) groups excluding carboxylic acids is 3. The standard InChI is InChI=1S/C47H88O6/c1-4-7-10-13-16-19-21-23-25-28-31-34-37-40-46(49)52-43-44(42-51-45(48)39-36-33-30-27-18-15-12-9-6-3)53-47(50)41-38-35-32-29-26-24-22-20-17-14-11-8-5-2/h19,21,44H,4-18,20,22-43H2,1-3H3/b21-19+. The van der Waals surface area contributed by atoms with Gasteiger partial charge in [0, 0.05) is 19.3 Å². The molecule has 0 aromatic carbocycles. The summed E-state index contributed by atoms with van der Waals surface area (Å²) in [4.78, 5) is 37.7. The molecular formula is C47H88O6. The Kier molecular flexibility index (Phi) is 41.4. The van der Waals surface area contributed by atoms with Crippen molar-refractivity contribution in [2.75, 3.05) is 13.2 Å². The molecule has 6 nitrogen and oxygen atoms in total. The molecule has 0 aliphatic heterocycles. The molecule has 0 aromatic heterocycles. The molecule has 0 radical (unpaired) electrons. The summed E-state index contributed by atoms with van der Waals surface area (Å²) in [6.07, 6.45) is 44.7. The van der Waals surface area contributed by atoms with Gasteiger partial charge in [0.15, 0.2) is 6.10 Å². The van der Waals surface area contributed by atoms with Crippen LogP contribution in [-0.4, -0.2) is 37.2 Å². The lowest BCUT2D eigenvalue weighted by atomic mass is 10.0. The first-order valence-corrected chi connectivity index (χ1v) is 23.2. The first kappa shape index (κ1) is 51.1. The maximum absolute atomic E-state index is 12.7. The minimum absolute atomic E-state index is 0.0684. The third-order valence-electron chi connectivity index (χ3n) is 10.3. The lowest BCUT2D eigenvalue weighted by Crippen LogP contribution is -2.30. The fourth-order valence-corrected chi connectivity index (χ4v) is 6.73. The molecule has 0 bridgehead atoms. The van der Waals surface area contributed by atoms with Crippen LogP contribution < -0.4 is 0 Å². The van der Waals surface area contributed by atoms with Gasteiger partial charge >= 0.3 is 17.9 Å². The number of carbonyl (C=O) groups is 3. The maximum Gasteiger partial charge on any atom is 0.306 e. The van der Waals surface area contributed by atoms with E-state index in [1.165, 1.54) is 148 Å². The Morgan fingerprint density at radius 3 is 0.962 bits per heavy atom. The van der Waals surface area contributed by atoms with Crippen LogP contribution in [0.1, 0.15) is 252 Å². The Labute approximate surface area is 329 Å². The van der Waals surface area contributed by atoms with Crippen LogP contribution in [-0.2, 0) is 28.6 Å². The minimum atomic E-state index is -0.764. The van der Waals surface area contributed by atoms with E-state index in [1.54, 1.807) is 0 Å². The molecule has 6 heteroatoms. The fraction of sp³-hybridized carbons (Fsp3) is 0.894. The van der Waals surface area contributed by atoms with Crippen molar-refractivity contribution in [3.63, 3.8) is 0 Å². The van der Waals surface area contributed by atoms with Crippen molar-refractivity contribution in [2.45, 2.75) is 258 Å². The number of allylic oxidation sites excluding steroid dienone is 2.